The fraction of sp³-hybridized carbons (Fsp3) is 0.875. The van der Waals surface area contributed by atoms with E-state index in [1.807, 2.05) is 17.3 Å². The lowest BCUT2D eigenvalue weighted by atomic mass is 9.93. The van der Waals surface area contributed by atoms with Gasteiger partial charge in [-0.05, 0) is 30.6 Å². The smallest absolute Gasteiger partial charge is 0.146 e. The van der Waals surface area contributed by atoms with Crippen LogP contribution >= 0.6 is 23.1 Å². The summed E-state index contributed by atoms with van der Waals surface area (Å²) < 4.78 is 1.13. The summed E-state index contributed by atoms with van der Waals surface area (Å²) in [5.74, 6) is 3.72. The normalized spacial score (nSPS) is 13.3. The van der Waals surface area contributed by atoms with E-state index in [0.717, 1.165) is 22.1 Å². The summed E-state index contributed by atoms with van der Waals surface area (Å²) in [7, 11) is 0. The van der Waals surface area contributed by atoms with Gasteiger partial charge in [-0.25, -0.2) is 0 Å². The van der Waals surface area contributed by atoms with Crippen molar-refractivity contribution in [3.05, 3.63) is 5.51 Å². The number of hydrogen-bond donors (Lipinski definition) is 0. The van der Waals surface area contributed by atoms with Crippen molar-refractivity contribution in [3.8, 4) is 0 Å². The Balaban J connectivity index is 2.27. The molecule has 0 aliphatic heterocycles. The minimum Gasteiger partial charge on any atom is -0.146 e. The van der Waals surface area contributed by atoms with Crippen LogP contribution in [0.5, 0.6) is 0 Å². The quantitative estimate of drug-likeness (QED) is 0.376. The van der Waals surface area contributed by atoms with Gasteiger partial charge < -0.3 is 0 Å². The van der Waals surface area contributed by atoms with Gasteiger partial charge in [-0.3, -0.25) is 0 Å². The minimum atomic E-state index is 0.819. The zero-order valence-corrected chi connectivity index (χ0v) is 15.1. The lowest BCUT2D eigenvalue weighted by molar-refractivity contribution is 0.409. The first-order valence-corrected chi connectivity index (χ1v) is 9.83. The second kappa shape index (κ2) is 10.6. The minimum absolute atomic E-state index is 0.819. The highest BCUT2D eigenvalue weighted by Gasteiger charge is 2.12. The van der Waals surface area contributed by atoms with E-state index in [4.69, 9.17) is 0 Å². The topological polar surface area (TPSA) is 25.8 Å². The van der Waals surface area contributed by atoms with Gasteiger partial charge in [-0.2, -0.15) is 0 Å². The summed E-state index contributed by atoms with van der Waals surface area (Å²) in [5.41, 5.74) is 1.83. The Bertz CT molecular complexity index is 323. The van der Waals surface area contributed by atoms with Crippen molar-refractivity contribution >= 4 is 23.1 Å². The summed E-state index contributed by atoms with van der Waals surface area (Å²) in [6.45, 7) is 9.30. The molecule has 4 heteroatoms. The third kappa shape index (κ3) is 8.96. The van der Waals surface area contributed by atoms with Crippen molar-refractivity contribution in [3.63, 3.8) is 0 Å². The average Bonchev–Trinajstić information content (AvgIpc) is 2.89. The van der Waals surface area contributed by atoms with E-state index in [1.54, 1.807) is 11.3 Å². The van der Waals surface area contributed by atoms with E-state index >= 15 is 0 Å². The van der Waals surface area contributed by atoms with E-state index in [0.29, 0.717) is 0 Å². The Hall–Kier alpha value is -0.0900. The number of nitrogens with zero attached hydrogens (tertiary/aromatic N) is 2. The van der Waals surface area contributed by atoms with Crippen molar-refractivity contribution in [1.82, 2.24) is 10.2 Å². The van der Waals surface area contributed by atoms with Gasteiger partial charge in [0.25, 0.3) is 0 Å². The van der Waals surface area contributed by atoms with Crippen molar-refractivity contribution in [2.24, 2.45) is 17.8 Å². The average molecular weight is 315 g/mol. The van der Waals surface area contributed by atoms with Crippen molar-refractivity contribution in [2.75, 3.05) is 5.75 Å². The Labute approximate surface area is 133 Å². The molecule has 0 N–H and O–H groups in total. The highest BCUT2D eigenvalue weighted by molar-refractivity contribution is 8.01. The molecule has 0 bridgehead atoms. The fourth-order valence-electron chi connectivity index (χ4n) is 2.28. The lowest BCUT2D eigenvalue weighted by Gasteiger charge is -2.17. The standard InChI is InChI=1S/C16H30N2S2/c1-13(2)7-5-6-8-15(10-9-14(3)4)11-19-16-18-17-12-20-16/h12-15H,5-11H2,1-4H3. The van der Waals surface area contributed by atoms with Crippen LogP contribution in [-0.4, -0.2) is 16.0 Å². The first kappa shape index (κ1) is 18.0. The van der Waals surface area contributed by atoms with Crippen molar-refractivity contribution in [2.45, 2.75) is 70.6 Å². The van der Waals surface area contributed by atoms with Gasteiger partial charge in [-0.15, -0.1) is 10.2 Å². The van der Waals surface area contributed by atoms with Crippen LogP contribution < -0.4 is 0 Å². The molecule has 1 rings (SSSR count). The fourth-order valence-corrected chi connectivity index (χ4v) is 3.98. The van der Waals surface area contributed by atoms with Crippen molar-refractivity contribution < 1.29 is 0 Å². The number of thioether (sulfide) groups is 1. The molecule has 1 atom stereocenters. The summed E-state index contributed by atoms with van der Waals surface area (Å²) in [6, 6.07) is 0. The first-order valence-electron chi connectivity index (χ1n) is 7.97. The van der Waals surface area contributed by atoms with Gasteiger partial charge in [0.15, 0.2) is 4.34 Å². The summed E-state index contributed by atoms with van der Waals surface area (Å²) in [6.07, 6.45) is 8.25. The van der Waals surface area contributed by atoms with Crippen LogP contribution in [0.25, 0.3) is 0 Å². The van der Waals surface area contributed by atoms with Crippen LogP contribution in [0.15, 0.2) is 9.85 Å². The molecule has 20 heavy (non-hydrogen) atoms. The van der Waals surface area contributed by atoms with Crippen LogP contribution in [0.3, 0.4) is 0 Å². The molecule has 0 spiro atoms. The first-order chi connectivity index (χ1) is 9.58. The van der Waals surface area contributed by atoms with Gasteiger partial charge in [0.05, 0.1) is 0 Å². The Morgan fingerprint density at radius 3 is 2.30 bits per heavy atom. The second-order valence-electron chi connectivity index (χ2n) is 6.53. The highest BCUT2D eigenvalue weighted by atomic mass is 32.2. The zero-order chi connectivity index (χ0) is 14.8. The van der Waals surface area contributed by atoms with Crippen molar-refractivity contribution in [1.29, 1.82) is 0 Å². The monoisotopic (exact) mass is 314 g/mol. The Kier molecular flexibility index (Phi) is 9.53. The predicted molar refractivity (Wildman–Crippen MR) is 91.5 cm³/mol. The van der Waals surface area contributed by atoms with Crippen LogP contribution in [0.4, 0.5) is 0 Å². The van der Waals surface area contributed by atoms with Crippen LogP contribution in [0, 0.1) is 17.8 Å². The third-order valence-electron chi connectivity index (χ3n) is 3.58. The highest BCUT2D eigenvalue weighted by Crippen LogP contribution is 2.28. The number of aromatic nitrogens is 2. The molecule has 1 aromatic rings. The Morgan fingerprint density at radius 1 is 1.00 bits per heavy atom. The molecular weight excluding hydrogens is 284 g/mol. The number of unbranched alkanes of at least 4 members (excludes halogenated alkanes) is 1. The summed E-state index contributed by atoms with van der Waals surface area (Å²) >= 11 is 3.56. The molecule has 1 heterocycles. The van der Waals surface area contributed by atoms with Crippen LogP contribution in [0.1, 0.15) is 66.2 Å². The number of rotatable bonds is 11. The van der Waals surface area contributed by atoms with E-state index in [1.165, 1.54) is 44.3 Å². The molecular formula is C16H30N2S2. The van der Waals surface area contributed by atoms with E-state index in [-0.39, 0.29) is 0 Å². The molecule has 0 amide bonds. The summed E-state index contributed by atoms with van der Waals surface area (Å²) in [5, 5.41) is 8.05. The molecule has 2 nitrogen and oxygen atoms in total. The van der Waals surface area contributed by atoms with Gasteiger partial charge in [-0.1, -0.05) is 76.5 Å². The van der Waals surface area contributed by atoms with Gasteiger partial charge in [0.1, 0.15) is 5.51 Å². The van der Waals surface area contributed by atoms with Crippen LogP contribution in [-0.2, 0) is 0 Å². The number of hydrogen-bond acceptors (Lipinski definition) is 4. The van der Waals surface area contributed by atoms with Gasteiger partial charge in [0, 0.05) is 5.75 Å². The molecule has 0 aliphatic rings. The van der Waals surface area contributed by atoms with E-state index in [9.17, 15) is 0 Å². The SMILES string of the molecule is CC(C)CCCCC(CCC(C)C)CSc1nncs1. The third-order valence-corrected chi connectivity index (χ3v) is 5.67. The largest absolute Gasteiger partial charge is 0.174 e. The molecule has 1 unspecified atom stereocenters. The molecule has 0 aromatic carbocycles. The van der Waals surface area contributed by atoms with E-state index in [2.05, 4.69) is 37.9 Å². The molecule has 0 aliphatic carbocycles. The second-order valence-corrected chi connectivity index (χ2v) is 8.63. The molecule has 1 aromatic heterocycles. The Morgan fingerprint density at radius 2 is 1.70 bits per heavy atom. The summed E-state index contributed by atoms with van der Waals surface area (Å²) in [4.78, 5) is 0. The molecule has 0 fully saturated rings. The van der Waals surface area contributed by atoms with Gasteiger partial charge >= 0.3 is 0 Å². The lowest BCUT2D eigenvalue weighted by Crippen LogP contribution is -2.06. The van der Waals surface area contributed by atoms with E-state index < -0.39 is 0 Å². The van der Waals surface area contributed by atoms with Crippen LogP contribution in [0.2, 0.25) is 0 Å². The zero-order valence-electron chi connectivity index (χ0n) is 13.5. The molecule has 0 saturated heterocycles. The molecule has 116 valence electrons. The molecule has 0 saturated carbocycles. The maximum atomic E-state index is 4.13. The maximum absolute atomic E-state index is 4.13. The predicted octanol–water partition coefficient (Wildman–Crippen LogP) is 5.90. The molecule has 0 radical (unpaired) electrons. The van der Waals surface area contributed by atoms with Gasteiger partial charge in [0.2, 0.25) is 0 Å². The maximum Gasteiger partial charge on any atom is 0.174 e.